The smallest absolute Gasteiger partial charge is 0.0223 e. The van der Waals surface area contributed by atoms with Crippen molar-refractivity contribution in [1.29, 1.82) is 0 Å². The Hall–Kier alpha value is -0.530. The lowest BCUT2D eigenvalue weighted by atomic mass is 9.72. The van der Waals surface area contributed by atoms with Crippen molar-refractivity contribution >= 4 is 12.4 Å². The van der Waals surface area contributed by atoms with Crippen LogP contribution in [-0.4, -0.2) is 5.54 Å². The maximum atomic E-state index is 6.78. The van der Waals surface area contributed by atoms with E-state index in [0.717, 1.165) is 12.8 Å². The highest BCUT2D eigenvalue weighted by Crippen LogP contribution is 2.37. The highest BCUT2D eigenvalue weighted by molar-refractivity contribution is 5.85. The maximum Gasteiger partial charge on any atom is 0.0223 e. The summed E-state index contributed by atoms with van der Waals surface area (Å²) >= 11 is 0. The van der Waals surface area contributed by atoms with E-state index in [1.165, 1.54) is 31.2 Å². The third-order valence-corrected chi connectivity index (χ3v) is 3.90. The fourth-order valence-corrected chi connectivity index (χ4v) is 3.16. The third-order valence-electron chi connectivity index (χ3n) is 3.90. The molecule has 0 spiro atoms. The minimum absolute atomic E-state index is 0. The molecule has 1 aromatic rings. The lowest BCUT2D eigenvalue weighted by molar-refractivity contribution is 0.279. The Kier molecular flexibility index (Phi) is 9.12. The van der Waals surface area contributed by atoms with Gasteiger partial charge in [0.05, 0.1) is 0 Å². The molecule has 1 unspecified atom stereocenters. The summed E-state index contributed by atoms with van der Waals surface area (Å²) in [5, 5.41) is 0. The summed E-state index contributed by atoms with van der Waals surface area (Å²) in [4.78, 5) is 0. The maximum absolute atomic E-state index is 6.78. The Balaban J connectivity index is 0.00000324. The van der Waals surface area contributed by atoms with Crippen LogP contribution in [-0.2, 0) is 0 Å². The van der Waals surface area contributed by atoms with Gasteiger partial charge in [-0.2, -0.15) is 0 Å². The Labute approximate surface area is 125 Å². The third kappa shape index (κ3) is 5.16. The zero-order chi connectivity index (χ0) is 13.4. The molecule has 1 nitrogen and oxygen atoms in total. The Bertz CT molecular complexity index is 317. The van der Waals surface area contributed by atoms with Crippen LogP contribution < -0.4 is 5.73 Å². The van der Waals surface area contributed by atoms with Gasteiger partial charge < -0.3 is 5.73 Å². The first-order valence-corrected chi connectivity index (χ1v) is 7.51. The second-order valence-corrected chi connectivity index (χ2v) is 5.49. The van der Waals surface area contributed by atoms with Gasteiger partial charge in [0.15, 0.2) is 0 Å². The molecule has 0 aliphatic rings. The van der Waals surface area contributed by atoms with Crippen molar-refractivity contribution in [1.82, 2.24) is 0 Å². The standard InChI is InChI=1S/C17H29N.ClH/c1-4-10-16(15-11-8-7-9-12-15)17(18,13-5-2)14-6-3;/h7-9,11-12,16H,4-6,10,13-14,18H2,1-3H3;1H. The molecule has 0 aliphatic heterocycles. The van der Waals surface area contributed by atoms with Gasteiger partial charge in [-0.05, 0) is 24.8 Å². The lowest BCUT2D eigenvalue weighted by Crippen LogP contribution is -2.45. The van der Waals surface area contributed by atoms with Crippen LogP contribution in [0.4, 0.5) is 0 Å². The lowest BCUT2D eigenvalue weighted by Gasteiger charge is -2.38. The van der Waals surface area contributed by atoms with Crippen molar-refractivity contribution in [3.8, 4) is 0 Å². The molecule has 1 atom stereocenters. The van der Waals surface area contributed by atoms with Crippen LogP contribution in [0.5, 0.6) is 0 Å². The number of hydrogen-bond donors (Lipinski definition) is 1. The topological polar surface area (TPSA) is 26.0 Å². The number of halogens is 1. The Morgan fingerprint density at radius 2 is 1.47 bits per heavy atom. The predicted molar refractivity (Wildman–Crippen MR) is 88.1 cm³/mol. The van der Waals surface area contributed by atoms with Crippen molar-refractivity contribution in [3.63, 3.8) is 0 Å². The number of nitrogens with two attached hydrogens (primary N) is 1. The Morgan fingerprint density at radius 1 is 0.947 bits per heavy atom. The average molecular weight is 284 g/mol. The van der Waals surface area contributed by atoms with E-state index in [-0.39, 0.29) is 17.9 Å². The minimum atomic E-state index is -0.0269. The van der Waals surface area contributed by atoms with E-state index in [4.69, 9.17) is 5.73 Å². The summed E-state index contributed by atoms with van der Waals surface area (Å²) in [5.74, 6) is 0.503. The summed E-state index contributed by atoms with van der Waals surface area (Å²) < 4.78 is 0. The molecular weight excluding hydrogens is 254 g/mol. The molecule has 0 radical (unpaired) electrons. The van der Waals surface area contributed by atoms with Crippen LogP contribution in [0.2, 0.25) is 0 Å². The van der Waals surface area contributed by atoms with Crippen LogP contribution in [0.15, 0.2) is 30.3 Å². The van der Waals surface area contributed by atoms with Crippen LogP contribution in [0.1, 0.15) is 70.8 Å². The molecule has 110 valence electrons. The molecule has 0 fully saturated rings. The molecule has 1 aromatic carbocycles. The van der Waals surface area contributed by atoms with Crippen molar-refractivity contribution in [2.45, 2.75) is 70.8 Å². The molecule has 0 aliphatic carbocycles. The zero-order valence-corrected chi connectivity index (χ0v) is 13.5. The zero-order valence-electron chi connectivity index (χ0n) is 12.7. The predicted octanol–water partition coefficient (Wildman–Crippen LogP) is 5.29. The molecule has 0 amide bonds. The highest BCUT2D eigenvalue weighted by atomic mass is 35.5. The molecule has 2 heteroatoms. The molecule has 1 rings (SSSR count). The van der Waals surface area contributed by atoms with E-state index in [1.54, 1.807) is 0 Å². The summed E-state index contributed by atoms with van der Waals surface area (Å²) in [6, 6.07) is 10.8. The van der Waals surface area contributed by atoms with E-state index in [1.807, 2.05) is 0 Å². The fraction of sp³-hybridized carbons (Fsp3) is 0.647. The molecule has 0 saturated carbocycles. The molecule has 0 saturated heterocycles. The van der Waals surface area contributed by atoms with Gasteiger partial charge in [0.25, 0.3) is 0 Å². The largest absolute Gasteiger partial charge is 0.325 e. The second kappa shape index (κ2) is 9.39. The number of hydrogen-bond acceptors (Lipinski definition) is 1. The quantitative estimate of drug-likeness (QED) is 0.689. The Morgan fingerprint density at radius 3 is 1.89 bits per heavy atom. The van der Waals surface area contributed by atoms with Crippen LogP contribution in [0, 0.1) is 0 Å². The van der Waals surface area contributed by atoms with Gasteiger partial charge in [0.1, 0.15) is 0 Å². The summed E-state index contributed by atoms with van der Waals surface area (Å²) in [6.45, 7) is 6.74. The monoisotopic (exact) mass is 283 g/mol. The summed E-state index contributed by atoms with van der Waals surface area (Å²) in [5.41, 5.74) is 8.17. The van der Waals surface area contributed by atoms with Gasteiger partial charge in [-0.1, -0.05) is 70.4 Å². The van der Waals surface area contributed by atoms with Crippen LogP contribution in [0.25, 0.3) is 0 Å². The molecular formula is C17H30ClN. The normalized spacial score (nSPS) is 12.8. The second-order valence-electron chi connectivity index (χ2n) is 5.49. The number of rotatable bonds is 8. The molecule has 0 bridgehead atoms. The van der Waals surface area contributed by atoms with Crippen LogP contribution in [0.3, 0.4) is 0 Å². The van der Waals surface area contributed by atoms with Gasteiger partial charge in [0, 0.05) is 11.5 Å². The van der Waals surface area contributed by atoms with Crippen molar-refractivity contribution in [3.05, 3.63) is 35.9 Å². The first kappa shape index (κ1) is 18.5. The SMILES string of the molecule is CCCC(c1ccccc1)C(N)(CCC)CCC.Cl. The van der Waals surface area contributed by atoms with E-state index >= 15 is 0 Å². The van der Waals surface area contributed by atoms with E-state index in [0.29, 0.717) is 5.92 Å². The fourth-order valence-electron chi connectivity index (χ4n) is 3.16. The minimum Gasteiger partial charge on any atom is -0.325 e. The van der Waals surface area contributed by atoms with Gasteiger partial charge >= 0.3 is 0 Å². The van der Waals surface area contributed by atoms with Gasteiger partial charge in [-0.25, -0.2) is 0 Å². The number of benzene rings is 1. The average Bonchev–Trinajstić information content (AvgIpc) is 2.37. The first-order chi connectivity index (χ1) is 8.68. The highest BCUT2D eigenvalue weighted by Gasteiger charge is 2.33. The van der Waals surface area contributed by atoms with E-state index in [2.05, 4.69) is 51.1 Å². The van der Waals surface area contributed by atoms with E-state index in [9.17, 15) is 0 Å². The van der Waals surface area contributed by atoms with Crippen LogP contribution >= 0.6 is 12.4 Å². The van der Waals surface area contributed by atoms with Gasteiger partial charge in [-0.15, -0.1) is 12.4 Å². The van der Waals surface area contributed by atoms with E-state index < -0.39 is 0 Å². The van der Waals surface area contributed by atoms with Crippen molar-refractivity contribution in [2.24, 2.45) is 5.73 Å². The molecule has 19 heavy (non-hydrogen) atoms. The van der Waals surface area contributed by atoms with Gasteiger partial charge in [-0.3, -0.25) is 0 Å². The van der Waals surface area contributed by atoms with Crippen molar-refractivity contribution < 1.29 is 0 Å². The summed E-state index contributed by atoms with van der Waals surface area (Å²) in [7, 11) is 0. The molecule has 0 heterocycles. The molecule has 2 N–H and O–H groups in total. The first-order valence-electron chi connectivity index (χ1n) is 7.51. The van der Waals surface area contributed by atoms with Crippen molar-refractivity contribution in [2.75, 3.05) is 0 Å². The summed E-state index contributed by atoms with van der Waals surface area (Å²) in [6.07, 6.45) is 6.99. The molecule has 0 aromatic heterocycles. The van der Waals surface area contributed by atoms with Gasteiger partial charge in [0.2, 0.25) is 0 Å².